The average Bonchev–Trinajstić information content (AvgIpc) is 2.61. The summed E-state index contributed by atoms with van der Waals surface area (Å²) in [6.07, 6.45) is 1.58. The van der Waals surface area contributed by atoms with E-state index in [1.165, 1.54) is 12.1 Å². The molecule has 0 bridgehead atoms. The van der Waals surface area contributed by atoms with Crippen LogP contribution in [0, 0.1) is 12.7 Å². The quantitative estimate of drug-likeness (QED) is 0.758. The van der Waals surface area contributed by atoms with Gasteiger partial charge >= 0.3 is 0 Å². The van der Waals surface area contributed by atoms with E-state index in [4.69, 9.17) is 4.74 Å². The third kappa shape index (κ3) is 4.41. The zero-order chi connectivity index (χ0) is 17.6. The van der Waals surface area contributed by atoms with E-state index in [2.05, 4.69) is 10.3 Å². The standard InChI is InChI=1S/C20H17FN2O2/c1-14-5-2-6-15(11-14)19(24)23-13-16-7-4-10-22-20(16)25-18-9-3-8-17(21)12-18/h2-12H,13H2,1H3,(H,23,24). The maximum Gasteiger partial charge on any atom is 0.251 e. The normalized spacial score (nSPS) is 10.3. The van der Waals surface area contributed by atoms with Crippen LogP contribution in [0.3, 0.4) is 0 Å². The second kappa shape index (κ2) is 7.57. The van der Waals surface area contributed by atoms with E-state index < -0.39 is 0 Å². The van der Waals surface area contributed by atoms with Crippen LogP contribution in [0.1, 0.15) is 21.5 Å². The molecule has 3 aromatic rings. The van der Waals surface area contributed by atoms with Crippen molar-refractivity contribution in [1.82, 2.24) is 10.3 Å². The summed E-state index contributed by atoms with van der Waals surface area (Å²) < 4.78 is 18.9. The molecule has 0 aliphatic heterocycles. The van der Waals surface area contributed by atoms with Crippen LogP contribution in [0.15, 0.2) is 66.9 Å². The lowest BCUT2D eigenvalue weighted by Crippen LogP contribution is -2.23. The molecule has 0 aliphatic carbocycles. The van der Waals surface area contributed by atoms with Crippen LogP contribution in [0.25, 0.3) is 0 Å². The van der Waals surface area contributed by atoms with Gasteiger partial charge in [0.05, 0.1) is 0 Å². The number of ether oxygens (including phenoxy) is 1. The predicted octanol–water partition coefficient (Wildman–Crippen LogP) is 4.25. The third-order valence-electron chi connectivity index (χ3n) is 3.58. The van der Waals surface area contributed by atoms with E-state index in [0.29, 0.717) is 22.8 Å². The molecule has 126 valence electrons. The summed E-state index contributed by atoms with van der Waals surface area (Å²) in [6.45, 7) is 2.19. The lowest BCUT2D eigenvalue weighted by atomic mass is 10.1. The minimum atomic E-state index is -0.386. The van der Waals surface area contributed by atoms with E-state index in [-0.39, 0.29) is 18.3 Å². The third-order valence-corrected chi connectivity index (χ3v) is 3.58. The Morgan fingerprint density at radius 1 is 1.12 bits per heavy atom. The first-order valence-electron chi connectivity index (χ1n) is 7.84. The van der Waals surface area contributed by atoms with Crippen LogP contribution >= 0.6 is 0 Å². The van der Waals surface area contributed by atoms with Crippen LogP contribution in [0.4, 0.5) is 4.39 Å². The summed E-state index contributed by atoms with van der Waals surface area (Å²) in [6, 6.07) is 16.7. The minimum absolute atomic E-state index is 0.177. The number of hydrogen-bond acceptors (Lipinski definition) is 3. The first-order valence-corrected chi connectivity index (χ1v) is 7.84. The summed E-state index contributed by atoms with van der Waals surface area (Å²) in [5, 5.41) is 2.85. The second-order valence-corrected chi connectivity index (χ2v) is 5.58. The molecule has 1 heterocycles. The van der Waals surface area contributed by atoms with Crippen molar-refractivity contribution < 1.29 is 13.9 Å². The fourth-order valence-electron chi connectivity index (χ4n) is 2.36. The second-order valence-electron chi connectivity index (χ2n) is 5.58. The van der Waals surface area contributed by atoms with Crippen molar-refractivity contribution in [3.05, 3.63) is 89.4 Å². The molecule has 0 saturated heterocycles. The zero-order valence-corrected chi connectivity index (χ0v) is 13.7. The summed E-state index contributed by atoms with van der Waals surface area (Å²) >= 11 is 0. The SMILES string of the molecule is Cc1cccc(C(=O)NCc2cccnc2Oc2cccc(F)c2)c1. The molecule has 0 fully saturated rings. The highest BCUT2D eigenvalue weighted by Crippen LogP contribution is 2.23. The maximum absolute atomic E-state index is 13.3. The van der Waals surface area contributed by atoms with Gasteiger partial charge < -0.3 is 10.1 Å². The first-order chi connectivity index (χ1) is 12.1. The number of hydrogen-bond donors (Lipinski definition) is 1. The Labute approximate surface area is 145 Å². The van der Waals surface area contributed by atoms with Gasteiger partial charge in [0.15, 0.2) is 0 Å². The molecule has 1 N–H and O–H groups in total. The number of aromatic nitrogens is 1. The number of nitrogens with one attached hydrogen (secondary N) is 1. The van der Waals surface area contributed by atoms with Crippen molar-refractivity contribution >= 4 is 5.91 Å². The van der Waals surface area contributed by atoms with Gasteiger partial charge in [0.2, 0.25) is 5.88 Å². The smallest absolute Gasteiger partial charge is 0.251 e. The Bertz CT molecular complexity index is 896. The monoisotopic (exact) mass is 336 g/mol. The van der Waals surface area contributed by atoms with Crippen molar-refractivity contribution in [2.24, 2.45) is 0 Å². The van der Waals surface area contributed by atoms with Crippen molar-refractivity contribution in [3.8, 4) is 11.6 Å². The van der Waals surface area contributed by atoms with Gasteiger partial charge in [-0.05, 0) is 37.3 Å². The molecule has 0 radical (unpaired) electrons. The summed E-state index contributed by atoms with van der Waals surface area (Å²) in [5.74, 6) is 0.120. The molecule has 5 heteroatoms. The van der Waals surface area contributed by atoms with Crippen molar-refractivity contribution in [1.29, 1.82) is 0 Å². The van der Waals surface area contributed by atoms with E-state index in [9.17, 15) is 9.18 Å². The van der Waals surface area contributed by atoms with Gasteiger partial charge in [-0.25, -0.2) is 9.37 Å². The van der Waals surface area contributed by atoms with Gasteiger partial charge in [0, 0.05) is 29.9 Å². The number of rotatable bonds is 5. The molecular formula is C20H17FN2O2. The summed E-state index contributed by atoms with van der Waals surface area (Å²) in [7, 11) is 0. The lowest BCUT2D eigenvalue weighted by Gasteiger charge is -2.11. The van der Waals surface area contributed by atoms with Crippen LogP contribution in [-0.2, 0) is 6.54 Å². The zero-order valence-electron chi connectivity index (χ0n) is 13.7. The average molecular weight is 336 g/mol. The first kappa shape index (κ1) is 16.6. The van der Waals surface area contributed by atoms with Gasteiger partial charge in [0.1, 0.15) is 11.6 Å². The molecule has 0 spiro atoms. The summed E-state index contributed by atoms with van der Waals surface area (Å²) in [5.41, 5.74) is 2.31. The number of aryl methyl sites for hydroxylation is 1. The van der Waals surface area contributed by atoms with Gasteiger partial charge in [-0.1, -0.05) is 29.8 Å². The largest absolute Gasteiger partial charge is 0.439 e. The lowest BCUT2D eigenvalue weighted by molar-refractivity contribution is 0.0950. The Kier molecular flexibility index (Phi) is 5.04. The number of carbonyl (C=O) groups excluding carboxylic acids is 1. The molecule has 1 amide bonds. The molecule has 2 aromatic carbocycles. The molecule has 4 nitrogen and oxygen atoms in total. The van der Waals surface area contributed by atoms with Crippen molar-refractivity contribution in [2.45, 2.75) is 13.5 Å². The molecule has 0 saturated carbocycles. The molecular weight excluding hydrogens is 319 g/mol. The Balaban J connectivity index is 1.72. The van der Waals surface area contributed by atoms with E-state index >= 15 is 0 Å². The number of benzene rings is 2. The van der Waals surface area contributed by atoms with Crippen LogP contribution in [-0.4, -0.2) is 10.9 Å². The van der Waals surface area contributed by atoms with E-state index in [1.54, 1.807) is 36.5 Å². The number of amides is 1. The Morgan fingerprint density at radius 3 is 2.76 bits per heavy atom. The maximum atomic E-state index is 13.3. The highest BCUT2D eigenvalue weighted by Gasteiger charge is 2.10. The highest BCUT2D eigenvalue weighted by atomic mass is 19.1. The number of carbonyl (C=O) groups is 1. The van der Waals surface area contributed by atoms with Gasteiger partial charge in [-0.3, -0.25) is 4.79 Å². The van der Waals surface area contributed by atoms with Gasteiger partial charge in [0.25, 0.3) is 5.91 Å². The molecule has 0 aliphatic rings. The Hall–Kier alpha value is -3.21. The van der Waals surface area contributed by atoms with Crippen LogP contribution in [0.5, 0.6) is 11.6 Å². The van der Waals surface area contributed by atoms with E-state index in [1.807, 2.05) is 25.1 Å². The topological polar surface area (TPSA) is 51.2 Å². The highest BCUT2D eigenvalue weighted by molar-refractivity contribution is 5.94. The number of halogens is 1. The molecule has 25 heavy (non-hydrogen) atoms. The Morgan fingerprint density at radius 2 is 1.96 bits per heavy atom. The minimum Gasteiger partial charge on any atom is -0.439 e. The van der Waals surface area contributed by atoms with Crippen LogP contribution < -0.4 is 10.1 Å². The molecule has 0 unspecified atom stereocenters. The predicted molar refractivity (Wildman–Crippen MR) is 93.1 cm³/mol. The number of pyridine rings is 1. The molecule has 1 aromatic heterocycles. The molecule has 3 rings (SSSR count). The fourth-order valence-corrected chi connectivity index (χ4v) is 2.36. The van der Waals surface area contributed by atoms with Gasteiger partial charge in [-0.15, -0.1) is 0 Å². The van der Waals surface area contributed by atoms with E-state index in [0.717, 1.165) is 5.56 Å². The van der Waals surface area contributed by atoms with Crippen molar-refractivity contribution in [3.63, 3.8) is 0 Å². The van der Waals surface area contributed by atoms with Gasteiger partial charge in [-0.2, -0.15) is 0 Å². The summed E-state index contributed by atoms with van der Waals surface area (Å²) in [4.78, 5) is 16.4. The fraction of sp³-hybridized carbons (Fsp3) is 0.100. The number of nitrogens with zero attached hydrogens (tertiary/aromatic N) is 1. The van der Waals surface area contributed by atoms with Crippen molar-refractivity contribution in [2.75, 3.05) is 0 Å². The van der Waals surface area contributed by atoms with Crippen LogP contribution in [0.2, 0.25) is 0 Å². The molecule has 0 atom stereocenters.